The van der Waals surface area contributed by atoms with Crippen molar-refractivity contribution in [2.24, 2.45) is 5.92 Å². The third-order valence-corrected chi connectivity index (χ3v) is 12.4. The molecule has 0 spiro atoms. The summed E-state index contributed by atoms with van der Waals surface area (Å²) in [7, 11) is -1.34. The maximum atomic E-state index is 5.10. The normalized spacial score (nSPS) is 11.6. The van der Waals surface area contributed by atoms with Crippen LogP contribution in [0.15, 0.2) is 121 Å². The molecule has 8 aromatic rings. The molecule has 0 fully saturated rings. The van der Waals surface area contributed by atoms with Crippen LogP contribution in [0.4, 0.5) is 0 Å². The Labute approximate surface area is 327 Å². The smallest absolute Gasteiger partial charge is 0.0798 e. The quantitative estimate of drug-likeness (QED) is 0.118. The molecular formula is C46H45IrN3SSi-2. The average Bonchev–Trinajstić information content (AvgIpc) is 3.72. The van der Waals surface area contributed by atoms with E-state index in [2.05, 4.69) is 172 Å². The zero-order valence-electron chi connectivity index (χ0n) is 31.0. The van der Waals surface area contributed by atoms with Gasteiger partial charge in [-0.2, -0.15) is 0 Å². The van der Waals surface area contributed by atoms with Crippen LogP contribution in [-0.2, 0) is 26.5 Å². The van der Waals surface area contributed by atoms with Gasteiger partial charge in [0, 0.05) is 37.4 Å². The summed E-state index contributed by atoms with van der Waals surface area (Å²) in [5, 5.41) is 8.74. The molecular weight excluding hydrogens is 847 g/mol. The van der Waals surface area contributed by atoms with Crippen LogP contribution in [0.2, 0.25) is 19.6 Å². The number of hydrogen-bond acceptors (Lipinski definition) is 3. The number of aromatic nitrogens is 3. The van der Waals surface area contributed by atoms with E-state index in [-0.39, 0.29) is 20.1 Å². The number of imidazole rings is 1. The molecule has 52 heavy (non-hydrogen) atoms. The van der Waals surface area contributed by atoms with Crippen molar-refractivity contribution in [3.8, 4) is 28.3 Å². The molecule has 0 unspecified atom stereocenters. The van der Waals surface area contributed by atoms with E-state index in [0.717, 1.165) is 45.8 Å². The Hall–Kier alpha value is -4.19. The molecule has 0 aliphatic carbocycles. The average molecular weight is 892 g/mol. The Kier molecular flexibility index (Phi) is 11.4. The van der Waals surface area contributed by atoms with Crippen molar-refractivity contribution in [1.29, 1.82) is 0 Å². The third kappa shape index (κ3) is 7.77. The fraction of sp³-hybridized carbons (Fsp3) is 0.217. The first-order valence-corrected chi connectivity index (χ1v) is 22.3. The van der Waals surface area contributed by atoms with Gasteiger partial charge in [0.2, 0.25) is 0 Å². The zero-order chi connectivity index (χ0) is 35.7. The molecule has 5 aromatic carbocycles. The summed E-state index contributed by atoms with van der Waals surface area (Å²) in [6, 6.07) is 43.8. The molecule has 0 aliphatic rings. The Morgan fingerprint density at radius 1 is 0.788 bits per heavy atom. The number of fused-ring (bicyclic) bond motifs is 3. The number of thiophene rings is 1. The van der Waals surface area contributed by atoms with E-state index in [1.54, 1.807) is 11.3 Å². The van der Waals surface area contributed by atoms with Crippen LogP contribution in [-0.4, -0.2) is 22.6 Å². The fourth-order valence-corrected chi connectivity index (χ4v) is 9.25. The summed E-state index contributed by atoms with van der Waals surface area (Å²) in [4.78, 5) is 9.79. The molecule has 3 heterocycles. The van der Waals surface area contributed by atoms with E-state index in [4.69, 9.17) is 4.98 Å². The largest absolute Gasteiger partial charge is 0.333 e. The number of pyridine rings is 1. The van der Waals surface area contributed by atoms with Gasteiger partial charge in [-0.1, -0.05) is 141 Å². The van der Waals surface area contributed by atoms with Crippen LogP contribution in [0, 0.1) is 17.4 Å². The van der Waals surface area contributed by atoms with E-state index in [9.17, 15) is 0 Å². The first-order chi connectivity index (χ1) is 24.6. The van der Waals surface area contributed by atoms with Gasteiger partial charge in [-0.25, -0.2) is 0 Å². The van der Waals surface area contributed by atoms with E-state index < -0.39 is 8.07 Å². The van der Waals surface area contributed by atoms with Crippen LogP contribution >= 0.6 is 11.3 Å². The maximum absolute atomic E-state index is 5.10. The van der Waals surface area contributed by atoms with Crippen LogP contribution in [0.1, 0.15) is 44.7 Å². The molecule has 0 bridgehead atoms. The van der Waals surface area contributed by atoms with Gasteiger partial charge >= 0.3 is 0 Å². The summed E-state index contributed by atoms with van der Waals surface area (Å²) in [5.74, 6) is 2.10. The van der Waals surface area contributed by atoms with E-state index in [0.29, 0.717) is 11.8 Å². The molecule has 0 saturated carbocycles. The first kappa shape index (κ1) is 37.6. The maximum Gasteiger partial charge on any atom is 0.0798 e. The monoisotopic (exact) mass is 892 g/mol. The Bertz CT molecular complexity index is 2450. The van der Waals surface area contributed by atoms with Crippen molar-refractivity contribution in [1.82, 2.24) is 14.5 Å². The van der Waals surface area contributed by atoms with Gasteiger partial charge in [0.05, 0.1) is 24.9 Å². The van der Waals surface area contributed by atoms with Gasteiger partial charge in [0.25, 0.3) is 0 Å². The van der Waals surface area contributed by atoms with Gasteiger partial charge < -0.3 is 9.55 Å². The zero-order valence-corrected chi connectivity index (χ0v) is 35.2. The van der Waals surface area contributed by atoms with Crippen LogP contribution in [0.5, 0.6) is 0 Å². The molecule has 1 radical (unpaired) electrons. The second-order valence-electron chi connectivity index (χ2n) is 15.1. The SMILES string of the molecule is CC(C)Cc1cc(-c2[c-]cccc2)ncc1[Si](C)(C)C.CC(C)c1ccc2s[c-]c(-c3nc4ccccc4n3-c3cccc4ccccc34)c2c1.[Ir]. The van der Waals surface area contributed by atoms with Gasteiger partial charge in [-0.3, -0.25) is 16.3 Å². The van der Waals surface area contributed by atoms with Crippen LogP contribution < -0.4 is 5.19 Å². The van der Waals surface area contributed by atoms with Crippen molar-refractivity contribution in [3.63, 3.8) is 0 Å². The molecule has 0 saturated heterocycles. The minimum atomic E-state index is -1.34. The third-order valence-electron chi connectivity index (χ3n) is 9.41. The minimum absolute atomic E-state index is 0. The molecule has 265 valence electrons. The second kappa shape index (κ2) is 15.8. The molecule has 0 aliphatic heterocycles. The molecule has 0 amide bonds. The van der Waals surface area contributed by atoms with Crippen molar-refractivity contribution in [2.75, 3.05) is 0 Å². The van der Waals surface area contributed by atoms with E-state index in [1.165, 1.54) is 37.2 Å². The van der Waals surface area contributed by atoms with Gasteiger partial charge in [-0.05, 0) is 52.7 Å². The Morgan fingerprint density at radius 2 is 1.54 bits per heavy atom. The van der Waals surface area contributed by atoms with Crippen molar-refractivity contribution in [2.45, 2.75) is 59.7 Å². The summed E-state index contributed by atoms with van der Waals surface area (Å²) in [6.07, 6.45) is 3.24. The number of nitrogens with zero attached hydrogens (tertiary/aromatic N) is 3. The Balaban J connectivity index is 0.000000193. The molecule has 3 aromatic heterocycles. The number of rotatable bonds is 7. The fourth-order valence-electron chi connectivity index (χ4n) is 6.84. The molecule has 0 N–H and O–H groups in total. The van der Waals surface area contributed by atoms with E-state index >= 15 is 0 Å². The molecule has 8 rings (SSSR count). The van der Waals surface area contributed by atoms with Crippen molar-refractivity contribution in [3.05, 3.63) is 144 Å². The number of hydrogen-bond donors (Lipinski definition) is 0. The first-order valence-electron chi connectivity index (χ1n) is 17.9. The molecule has 6 heteroatoms. The number of benzene rings is 5. The topological polar surface area (TPSA) is 30.7 Å². The van der Waals surface area contributed by atoms with Crippen LogP contribution in [0.3, 0.4) is 0 Å². The predicted octanol–water partition coefficient (Wildman–Crippen LogP) is 12.3. The minimum Gasteiger partial charge on any atom is -0.333 e. The molecule has 3 nitrogen and oxygen atoms in total. The van der Waals surface area contributed by atoms with Crippen molar-refractivity contribution >= 4 is 56.5 Å². The van der Waals surface area contributed by atoms with Gasteiger partial charge in [-0.15, -0.1) is 47.3 Å². The van der Waals surface area contributed by atoms with Crippen molar-refractivity contribution < 1.29 is 20.1 Å². The predicted molar refractivity (Wildman–Crippen MR) is 222 cm³/mol. The Morgan fingerprint density at radius 3 is 2.29 bits per heavy atom. The summed E-state index contributed by atoms with van der Waals surface area (Å²) in [6.45, 7) is 16.2. The van der Waals surface area contributed by atoms with Crippen LogP contribution in [0.25, 0.3) is 60.2 Å². The molecule has 0 atom stereocenters. The summed E-state index contributed by atoms with van der Waals surface area (Å²) < 4.78 is 3.55. The second-order valence-corrected chi connectivity index (χ2v) is 21.0. The van der Waals surface area contributed by atoms with E-state index in [1.807, 2.05) is 18.2 Å². The standard InChI is InChI=1S/C28H21N2S.C18H24NSi.Ir/c1-18(2)20-14-15-27-22(16-20)23(17-31-27)28-29-24-11-5-6-12-26(24)30(28)25-13-7-9-19-8-3-4-10-21(19)25;1-14(2)11-16-12-17(15-9-7-6-8-10-15)19-13-18(16)20(3,4)5;/h3-16,18H,1-2H3;6-9,12-14H,11H2,1-5H3;/q2*-1;. The number of para-hydroxylation sites is 2. The summed E-state index contributed by atoms with van der Waals surface area (Å²) in [5.41, 5.74) is 9.28. The van der Waals surface area contributed by atoms with Gasteiger partial charge in [0.15, 0.2) is 0 Å². The van der Waals surface area contributed by atoms with Gasteiger partial charge in [0.1, 0.15) is 0 Å². The summed E-state index contributed by atoms with van der Waals surface area (Å²) >= 11 is 1.67.